The minimum absolute atomic E-state index is 0.0971. The van der Waals surface area contributed by atoms with Crippen LogP contribution in [0.15, 0.2) is 0 Å². The number of rotatable bonds is 4. The Hall–Kier alpha value is 0.177. The second kappa shape index (κ2) is 4.09. The third-order valence-electron chi connectivity index (χ3n) is 6.34. The molecule has 17 heavy (non-hydrogen) atoms. The lowest BCUT2D eigenvalue weighted by Gasteiger charge is -2.63. The van der Waals surface area contributed by atoms with Crippen LogP contribution in [-0.2, 0) is 4.43 Å². The molecule has 4 aliphatic carbocycles. The Bertz CT molecular complexity index is 252. The molecule has 4 bridgehead atoms. The van der Waals surface area contributed by atoms with Crippen molar-refractivity contribution >= 4 is 10.5 Å². The van der Waals surface area contributed by atoms with Gasteiger partial charge in [0.25, 0.3) is 0 Å². The van der Waals surface area contributed by atoms with E-state index in [1.165, 1.54) is 38.5 Å². The van der Waals surface area contributed by atoms with Crippen molar-refractivity contribution in [3.8, 4) is 0 Å². The van der Waals surface area contributed by atoms with Crippen molar-refractivity contribution in [2.45, 2.75) is 70.8 Å². The van der Waals surface area contributed by atoms with Crippen LogP contribution in [0.2, 0.25) is 0 Å². The molecule has 95 valence electrons. The maximum absolute atomic E-state index is 5.93. The Morgan fingerprint density at radius 3 is 1.71 bits per heavy atom. The zero-order valence-corrected chi connectivity index (χ0v) is 12.3. The molecule has 0 N–H and O–H groups in total. The highest BCUT2D eigenvalue weighted by Gasteiger charge is 2.59. The summed E-state index contributed by atoms with van der Waals surface area (Å²) in [7, 11) is 3.44. The minimum Gasteiger partial charge on any atom is -0.413 e. The van der Waals surface area contributed by atoms with Crippen LogP contribution in [-0.4, -0.2) is 16.1 Å². The van der Waals surface area contributed by atoms with Crippen LogP contribution >= 0.6 is 0 Å². The summed E-state index contributed by atoms with van der Waals surface area (Å²) in [6, 6.07) is 0. The monoisotopic (exact) mass is 249 g/mol. The van der Waals surface area contributed by atoms with Gasteiger partial charge in [-0.15, -0.1) is 0 Å². The summed E-state index contributed by atoms with van der Waals surface area (Å²) in [6.45, 7) is 4.62. The molecule has 0 aromatic carbocycles. The van der Waals surface area contributed by atoms with Crippen molar-refractivity contribution in [3.63, 3.8) is 0 Å². The van der Waals surface area contributed by atoms with Crippen molar-refractivity contribution in [2.24, 2.45) is 23.2 Å². The average Bonchev–Trinajstić information content (AvgIpc) is 2.29. The summed E-state index contributed by atoms with van der Waals surface area (Å²) in [5, 5.41) is 0. The molecule has 4 saturated carbocycles. The van der Waals surface area contributed by atoms with Gasteiger partial charge in [-0.2, -0.15) is 0 Å². The summed E-state index contributed by atoms with van der Waals surface area (Å²) in [4.78, 5) is 0. The Labute approximate surface area is 109 Å². The summed E-state index contributed by atoms with van der Waals surface area (Å²) in [5.74, 6) is 3.04. The molecule has 2 heteroatoms. The molecule has 0 amide bonds. The van der Waals surface area contributed by atoms with E-state index in [4.69, 9.17) is 4.43 Å². The van der Waals surface area contributed by atoms with E-state index in [1.807, 2.05) is 0 Å². The van der Waals surface area contributed by atoms with Crippen molar-refractivity contribution in [3.05, 3.63) is 0 Å². The van der Waals surface area contributed by atoms with Crippen LogP contribution in [0.1, 0.15) is 65.2 Å². The van der Waals surface area contributed by atoms with Gasteiger partial charge in [-0.25, -0.2) is 0 Å². The quantitative estimate of drug-likeness (QED) is 0.687. The molecule has 0 aliphatic heterocycles. The normalized spacial score (nSPS) is 44.3. The zero-order valence-electron chi connectivity index (χ0n) is 11.3. The fraction of sp³-hybridized carbons (Fsp3) is 1.00. The Balaban J connectivity index is 1.95. The molecule has 1 nitrogen and oxygen atoms in total. The molecule has 3 radical (unpaired) electrons. The van der Waals surface area contributed by atoms with Gasteiger partial charge in [-0.05, 0) is 74.5 Å². The van der Waals surface area contributed by atoms with Crippen LogP contribution in [0.25, 0.3) is 0 Å². The van der Waals surface area contributed by atoms with Crippen LogP contribution in [0.4, 0.5) is 0 Å². The van der Waals surface area contributed by atoms with E-state index in [2.05, 4.69) is 24.3 Å². The fourth-order valence-electron chi connectivity index (χ4n) is 5.92. The molecule has 4 aliphatic rings. The topological polar surface area (TPSA) is 9.23 Å². The van der Waals surface area contributed by atoms with E-state index >= 15 is 0 Å². The van der Waals surface area contributed by atoms with Crippen LogP contribution in [0.3, 0.4) is 0 Å². The molecule has 4 fully saturated rings. The van der Waals surface area contributed by atoms with Crippen LogP contribution in [0, 0.1) is 23.2 Å². The lowest BCUT2D eigenvalue weighted by molar-refractivity contribution is -0.167. The highest BCUT2D eigenvalue weighted by atomic mass is 28.2. The largest absolute Gasteiger partial charge is 0.413 e. The van der Waals surface area contributed by atoms with Gasteiger partial charge >= 0.3 is 0 Å². The van der Waals surface area contributed by atoms with E-state index in [9.17, 15) is 0 Å². The second-order valence-electron chi connectivity index (χ2n) is 7.00. The first-order valence-electron chi connectivity index (χ1n) is 7.51. The predicted octanol–water partition coefficient (Wildman–Crippen LogP) is 3.86. The molecular formula is C15H25OSi. The third-order valence-corrected chi connectivity index (χ3v) is 6.73. The van der Waals surface area contributed by atoms with E-state index in [1.54, 1.807) is 0 Å². The summed E-state index contributed by atoms with van der Waals surface area (Å²) in [5.41, 5.74) is 0.590. The molecule has 0 heterocycles. The maximum Gasteiger partial charge on any atom is 0.247 e. The van der Waals surface area contributed by atoms with Gasteiger partial charge in [0.05, 0.1) is 5.60 Å². The molecule has 0 unspecified atom stereocenters. The lowest BCUT2D eigenvalue weighted by Crippen LogP contribution is -2.58. The molecule has 0 aromatic heterocycles. The molecule has 0 saturated heterocycles. The minimum atomic E-state index is 0.0971. The highest BCUT2D eigenvalue weighted by molar-refractivity contribution is 5.98. The van der Waals surface area contributed by atoms with E-state index in [0.29, 0.717) is 5.41 Å². The van der Waals surface area contributed by atoms with Gasteiger partial charge < -0.3 is 4.43 Å². The highest BCUT2D eigenvalue weighted by Crippen LogP contribution is 2.65. The second-order valence-corrected chi connectivity index (χ2v) is 7.21. The van der Waals surface area contributed by atoms with Crippen molar-refractivity contribution in [1.82, 2.24) is 0 Å². The Morgan fingerprint density at radius 1 is 1.00 bits per heavy atom. The maximum atomic E-state index is 5.93. The number of hydrogen-bond acceptors (Lipinski definition) is 1. The third kappa shape index (κ3) is 1.59. The van der Waals surface area contributed by atoms with Crippen LogP contribution < -0.4 is 0 Å². The molecule has 4 rings (SSSR count). The molecule has 0 aromatic rings. The van der Waals surface area contributed by atoms with Gasteiger partial charge in [0, 0.05) is 0 Å². The summed E-state index contributed by atoms with van der Waals surface area (Å²) < 4.78 is 5.93. The standard InChI is InChI=1S/C15H25OSi/c1-3-15(4-2,16-17)14-8-11-5-12(9-14)7-13(6-11)10-14/h11-13H,3-10H2,1-2H3. The molecule has 0 spiro atoms. The van der Waals surface area contributed by atoms with Crippen molar-refractivity contribution < 1.29 is 4.43 Å². The first-order chi connectivity index (χ1) is 8.17. The van der Waals surface area contributed by atoms with Gasteiger partial charge in [-0.3, -0.25) is 0 Å². The van der Waals surface area contributed by atoms with Crippen molar-refractivity contribution in [1.29, 1.82) is 0 Å². The van der Waals surface area contributed by atoms with Gasteiger partial charge in [0.1, 0.15) is 0 Å². The first-order valence-corrected chi connectivity index (χ1v) is 7.92. The average molecular weight is 249 g/mol. The SMILES string of the molecule is CCC(CC)(O[Si])C12CC3CC(CC(C3)C1)C2. The summed E-state index contributed by atoms with van der Waals surface area (Å²) in [6.07, 6.45) is 11.2. The lowest BCUT2D eigenvalue weighted by atomic mass is 9.44. The summed E-state index contributed by atoms with van der Waals surface area (Å²) >= 11 is 0. The Morgan fingerprint density at radius 2 is 1.41 bits per heavy atom. The molecule has 0 atom stereocenters. The van der Waals surface area contributed by atoms with Crippen molar-refractivity contribution in [2.75, 3.05) is 0 Å². The first kappa shape index (κ1) is 12.2. The fourth-order valence-corrected chi connectivity index (χ4v) is 6.43. The molecular weight excluding hydrogens is 224 g/mol. The Kier molecular flexibility index (Phi) is 2.94. The van der Waals surface area contributed by atoms with E-state index in [-0.39, 0.29) is 5.60 Å². The van der Waals surface area contributed by atoms with Gasteiger partial charge in [-0.1, -0.05) is 13.8 Å². The van der Waals surface area contributed by atoms with Crippen LogP contribution in [0.5, 0.6) is 0 Å². The predicted molar refractivity (Wildman–Crippen MR) is 70.8 cm³/mol. The van der Waals surface area contributed by atoms with Gasteiger partial charge in [0.2, 0.25) is 10.5 Å². The van der Waals surface area contributed by atoms with Gasteiger partial charge in [0.15, 0.2) is 0 Å². The smallest absolute Gasteiger partial charge is 0.247 e. The number of hydrogen-bond donors (Lipinski definition) is 0. The van der Waals surface area contributed by atoms with E-state index in [0.717, 1.165) is 30.6 Å². The zero-order chi connectivity index (χ0) is 12.1. The van der Waals surface area contributed by atoms with E-state index < -0.39 is 0 Å².